The molecule has 0 unspecified atom stereocenters. The molecule has 0 saturated carbocycles. The molecule has 128 valence electrons. The maximum Gasteiger partial charge on any atom is 0.311 e. The van der Waals surface area contributed by atoms with Gasteiger partial charge in [0, 0.05) is 11.8 Å². The van der Waals surface area contributed by atoms with Crippen molar-refractivity contribution in [3.05, 3.63) is 46.5 Å². The summed E-state index contributed by atoms with van der Waals surface area (Å²) in [5, 5.41) is 5.03. The molecular weight excluding hydrogens is 324 g/mol. The molecular formula is C18H22N2O3S. The number of nitrogens with one attached hydrogen (secondary N) is 1. The highest BCUT2D eigenvalue weighted by molar-refractivity contribution is 7.13. The lowest BCUT2D eigenvalue weighted by atomic mass is 10.0. The number of ether oxygens (including phenoxy) is 1. The van der Waals surface area contributed by atoms with E-state index < -0.39 is 0 Å². The quantitative estimate of drug-likeness (QED) is 0.779. The van der Waals surface area contributed by atoms with Gasteiger partial charge in [0.2, 0.25) is 5.91 Å². The van der Waals surface area contributed by atoms with Crippen LogP contribution in [0.1, 0.15) is 43.0 Å². The minimum absolute atomic E-state index is 0.0816. The Morgan fingerprint density at radius 1 is 1.25 bits per heavy atom. The molecule has 1 aromatic carbocycles. The Morgan fingerprint density at radius 3 is 2.58 bits per heavy atom. The minimum atomic E-state index is -0.344. The molecule has 0 radical (unpaired) electrons. The van der Waals surface area contributed by atoms with Crippen molar-refractivity contribution in [2.45, 2.75) is 39.0 Å². The highest BCUT2D eigenvalue weighted by Gasteiger charge is 2.10. The average Bonchev–Trinajstić information content (AvgIpc) is 3.00. The first-order valence-electron chi connectivity index (χ1n) is 7.88. The summed E-state index contributed by atoms with van der Waals surface area (Å²) in [4.78, 5) is 27.4. The molecule has 0 aliphatic heterocycles. The smallest absolute Gasteiger partial charge is 0.311 e. The SMILES string of the molecule is COC(=O)Cc1csc(NC(=O)CCc2ccc(C(C)C)cc2)n1. The number of aryl methyl sites for hydroxylation is 1. The standard InChI is InChI=1S/C18H22N2O3S/c1-12(2)14-7-4-13(5-8-14)6-9-16(21)20-18-19-15(11-24-18)10-17(22)23-3/h4-5,7-8,11-12H,6,9-10H2,1-3H3,(H,19,20,21). The number of carbonyl (C=O) groups excluding carboxylic acids is 2. The molecule has 0 aliphatic rings. The summed E-state index contributed by atoms with van der Waals surface area (Å²) >= 11 is 1.31. The zero-order chi connectivity index (χ0) is 17.5. The van der Waals surface area contributed by atoms with Crippen molar-refractivity contribution in [3.63, 3.8) is 0 Å². The van der Waals surface area contributed by atoms with E-state index in [-0.39, 0.29) is 18.3 Å². The predicted octanol–water partition coefficient (Wildman–Crippen LogP) is 3.55. The number of amides is 1. The van der Waals surface area contributed by atoms with Gasteiger partial charge < -0.3 is 10.1 Å². The van der Waals surface area contributed by atoms with Gasteiger partial charge in [-0.15, -0.1) is 11.3 Å². The Kier molecular flexibility index (Phi) is 6.49. The molecule has 5 nitrogen and oxygen atoms in total. The Balaban J connectivity index is 1.81. The largest absolute Gasteiger partial charge is 0.469 e. The van der Waals surface area contributed by atoms with Crippen LogP contribution in [-0.4, -0.2) is 24.0 Å². The van der Waals surface area contributed by atoms with E-state index in [4.69, 9.17) is 0 Å². The number of carbonyl (C=O) groups is 2. The number of anilines is 1. The number of hydrogen-bond donors (Lipinski definition) is 1. The van der Waals surface area contributed by atoms with Gasteiger partial charge in [-0.2, -0.15) is 0 Å². The lowest BCUT2D eigenvalue weighted by Crippen LogP contribution is -2.12. The highest BCUT2D eigenvalue weighted by Crippen LogP contribution is 2.18. The molecule has 0 aliphatic carbocycles. The highest BCUT2D eigenvalue weighted by atomic mass is 32.1. The molecule has 0 saturated heterocycles. The van der Waals surface area contributed by atoms with Gasteiger partial charge >= 0.3 is 5.97 Å². The second-order valence-electron chi connectivity index (χ2n) is 5.84. The van der Waals surface area contributed by atoms with Crippen LogP contribution in [0.3, 0.4) is 0 Å². The first-order chi connectivity index (χ1) is 11.5. The Labute approximate surface area is 146 Å². The number of hydrogen-bond acceptors (Lipinski definition) is 5. The van der Waals surface area contributed by atoms with Crippen molar-refractivity contribution in [1.82, 2.24) is 4.98 Å². The van der Waals surface area contributed by atoms with Crippen LogP contribution in [0.25, 0.3) is 0 Å². The lowest BCUT2D eigenvalue weighted by molar-refractivity contribution is -0.139. The molecule has 2 rings (SSSR count). The molecule has 0 bridgehead atoms. The number of benzene rings is 1. The number of esters is 1. The summed E-state index contributed by atoms with van der Waals surface area (Å²) in [5.74, 6) is 0.0800. The van der Waals surface area contributed by atoms with Crippen molar-refractivity contribution >= 4 is 28.3 Å². The van der Waals surface area contributed by atoms with Crippen LogP contribution in [0.5, 0.6) is 0 Å². The summed E-state index contributed by atoms with van der Waals surface area (Å²) < 4.78 is 4.59. The molecule has 0 fully saturated rings. The van der Waals surface area contributed by atoms with E-state index in [1.165, 1.54) is 24.0 Å². The van der Waals surface area contributed by atoms with E-state index in [2.05, 4.69) is 53.2 Å². The third-order valence-electron chi connectivity index (χ3n) is 3.64. The molecule has 2 aromatic rings. The molecule has 0 spiro atoms. The molecule has 24 heavy (non-hydrogen) atoms. The monoisotopic (exact) mass is 346 g/mol. The van der Waals surface area contributed by atoms with Crippen LogP contribution in [-0.2, 0) is 27.2 Å². The van der Waals surface area contributed by atoms with Gasteiger partial charge in [0.1, 0.15) is 0 Å². The summed E-state index contributed by atoms with van der Waals surface area (Å²) in [7, 11) is 1.34. The van der Waals surface area contributed by atoms with Gasteiger partial charge in [0.05, 0.1) is 19.2 Å². The first-order valence-corrected chi connectivity index (χ1v) is 8.75. The van der Waals surface area contributed by atoms with Crippen LogP contribution in [0.2, 0.25) is 0 Å². The lowest BCUT2D eigenvalue weighted by Gasteiger charge is -2.07. The van der Waals surface area contributed by atoms with Gasteiger partial charge in [-0.1, -0.05) is 38.1 Å². The van der Waals surface area contributed by atoms with Crippen molar-refractivity contribution < 1.29 is 14.3 Å². The topological polar surface area (TPSA) is 68.3 Å². The van der Waals surface area contributed by atoms with Crippen LogP contribution < -0.4 is 5.32 Å². The van der Waals surface area contributed by atoms with E-state index in [0.717, 1.165) is 5.56 Å². The molecule has 1 aromatic heterocycles. The Morgan fingerprint density at radius 2 is 1.96 bits per heavy atom. The molecule has 0 atom stereocenters. The second-order valence-corrected chi connectivity index (χ2v) is 6.70. The number of aromatic nitrogens is 1. The average molecular weight is 346 g/mol. The number of nitrogens with zero attached hydrogens (tertiary/aromatic N) is 1. The zero-order valence-corrected chi connectivity index (χ0v) is 15.0. The van der Waals surface area contributed by atoms with Crippen LogP contribution in [0.15, 0.2) is 29.6 Å². The summed E-state index contributed by atoms with van der Waals surface area (Å²) in [6.07, 6.45) is 1.20. The summed E-state index contributed by atoms with van der Waals surface area (Å²) in [6.45, 7) is 4.32. The third kappa shape index (κ3) is 5.45. The van der Waals surface area contributed by atoms with Crippen molar-refractivity contribution in [2.75, 3.05) is 12.4 Å². The van der Waals surface area contributed by atoms with E-state index in [9.17, 15) is 9.59 Å². The predicted molar refractivity (Wildman–Crippen MR) is 95.3 cm³/mol. The van der Waals surface area contributed by atoms with Gasteiger partial charge in [0.25, 0.3) is 0 Å². The fourth-order valence-corrected chi connectivity index (χ4v) is 2.90. The van der Waals surface area contributed by atoms with Gasteiger partial charge in [-0.05, 0) is 23.5 Å². The minimum Gasteiger partial charge on any atom is -0.469 e. The Hall–Kier alpha value is -2.21. The summed E-state index contributed by atoms with van der Waals surface area (Å²) in [5.41, 5.74) is 3.04. The normalized spacial score (nSPS) is 10.7. The Bertz CT molecular complexity index is 693. The van der Waals surface area contributed by atoms with Crippen molar-refractivity contribution in [1.29, 1.82) is 0 Å². The number of thiazole rings is 1. The fraction of sp³-hybridized carbons (Fsp3) is 0.389. The van der Waals surface area contributed by atoms with E-state index in [1.54, 1.807) is 5.38 Å². The van der Waals surface area contributed by atoms with E-state index >= 15 is 0 Å². The van der Waals surface area contributed by atoms with Gasteiger partial charge in [0.15, 0.2) is 5.13 Å². The third-order valence-corrected chi connectivity index (χ3v) is 4.44. The molecule has 1 N–H and O–H groups in total. The van der Waals surface area contributed by atoms with Crippen LogP contribution in [0, 0.1) is 0 Å². The molecule has 1 amide bonds. The number of methoxy groups -OCH3 is 1. The number of rotatable bonds is 7. The van der Waals surface area contributed by atoms with Gasteiger partial charge in [-0.25, -0.2) is 4.98 Å². The maximum atomic E-state index is 12.0. The van der Waals surface area contributed by atoms with Crippen LogP contribution in [0.4, 0.5) is 5.13 Å². The van der Waals surface area contributed by atoms with Crippen LogP contribution >= 0.6 is 11.3 Å². The first kappa shape index (κ1) is 18.1. The molecule has 1 heterocycles. The van der Waals surface area contributed by atoms with Crippen molar-refractivity contribution in [3.8, 4) is 0 Å². The second kappa shape index (κ2) is 8.59. The van der Waals surface area contributed by atoms with Crippen molar-refractivity contribution in [2.24, 2.45) is 0 Å². The summed E-state index contributed by atoms with van der Waals surface area (Å²) in [6, 6.07) is 8.36. The fourth-order valence-electron chi connectivity index (χ4n) is 2.17. The zero-order valence-electron chi connectivity index (χ0n) is 14.2. The van der Waals surface area contributed by atoms with E-state index in [0.29, 0.717) is 29.6 Å². The maximum absolute atomic E-state index is 12.0. The van der Waals surface area contributed by atoms with E-state index in [1.807, 2.05) is 0 Å². The molecule has 6 heteroatoms. The van der Waals surface area contributed by atoms with Gasteiger partial charge in [-0.3, -0.25) is 9.59 Å².